The Morgan fingerprint density at radius 1 is 0.935 bits per heavy atom. The van der Waals surface area contributed by atoms with Crippen LogP contribution >= 0.6 is 0 Å². The fourth-order valence-electron chi connectivity index (χ4n) is 2.66. The summed E-state index contributed by atoms with van der Waals surface area (Å²) in [5, 5.41) is 11.5. The van der Waals surface area contributed by atoms with E-state index >= 15 is 0 Å². The smallest absolute Gasteiger partial charge is 0.261 e. The van der Waals surface area contributed by atoms with Crippen LogP contribution in [0, 0.1) is 28.8 Å². The SMILES string of the molecule is N#CC(NC(=O)c1ccc(S(=O)(=O)Nc2ccccc2F)cc1)c1ccc(F)cc1F. The van der Waals surface area contributed by atoms with Gasteiger partial charge in [-0.15, -0.1) is 0 Å². The van der Waals surface area contributed by atoms with Gasteiger partial charge in [-0.3, -0.25) is 9.52 Å². The Morgan fingerprint density at radius 3 is 2.23 bits per heavy atom. The van der Waals surface area contributed by atoms with Crippen molar-refractivity contribution < 1.29 is 26.4 Å². The third-order valence-corrected chi connectivity index (χ3v) is 5.60. The van der Waals surface area contributed by atoms with Crippen molar-refractivity contribution in [3.05, 3.63) is 95.3 Å². The summed E-state index contributed by atoms with van der Waals surface area (Å²) in [6.45, 7) is 0. The molecule has 3 aromatic rings. The third kappa shape index (κ3) is 5.02. The first-order chi connectivity index (χ1) is 14.7. The number of sulfonamides is 1. The first kappa shape index (κ1) is 21.9. The van der Waals surface area contributed by atoms with Gasteiger partial charge in [0.25, 0.3) is 15.9 Å². The predicted octanol–water partition coefficient (Wildman–Crippen LogP) is 3.90. The summed E-state index contributed by atoms with van der Waals surface area (Å²) < 4.78 is 67.6. The molecule has 0 aliphatic carbocycles. The quantitative estimate of drug-likeness (QED) is 0.601. The van der Waals surface area contributed by atoms with Crippen molar-refractivity contribution in [1.82, 2.24) is 5.32 Å². The van der Waals surface area contributed by atoms with Gasteiger partial charge < -0.3 is 5.32 Å². The Morgan fingerprint density at radius 2 is 1.61 bits per heavy atom. The van der Waals surface area contributed by atoms with Crippen molar-refractivity contribution >= 4 is 21.6 Å². The zero-order valence-corrected chi connectivity index (χ0v) is 16.5. The molecular formula is C21H14F3N3O3S. The number of amides is 1. The molecule has 31 heavy (non-hydrogen) atoms. The number of carbonyl (C=O) groups excluding carboxylic acids is 1. The average Bonchev–Trinajstić information content (AvgIpc) is 2.74. The number of halogens is 3. The molecule has 1 atom stereocenters. The van der Waals surface area contributed by atoms with E-state index < -0.39 is 39.4 Å². The van der Waals surface area contributed by atoms with Crippen molar-refractivity contribution in [3.63, 3.8) is 0 Å². The zero-order valence-electron chi connectivity index (χ0n) is 15.6. The number of nitrogens with zero attached hydrogens (tertiary/aromatic N) is 1. The van der Waals surface area contributed by atoms with Gasteiger partial charge in [0.05, 0.1) is 16.7 Å². The normalized spacial score (nSPS) is 11.9. The van der Waals surface area contributed by atoms with Gasteiger partial charge in [0, 0.05) is 17.2 Å². The second kappa shape index (κ2) is 8.89. The molecule has 0 radical (unpaired) electrons. The number of para-hydroxylation sites is 1. The molecule has 0 heterocycles. The number of rotatable bonds is 6. The van der Waals surface area contributed by atoms with E-state index in [4.69, 9.17) is 0 Å². The molecule has 1 amide bonds. The van der Waals surface area contributed by atoms with Crippen LogP contribution in [0.15, 0.2) is 71.6 Å². The van der Waals surface area contributed by atoms with Gasteiger partial charge in [-0.2, -0.15) is 5.26 Å². The first-order valence-electron chi connectivity index (χ1n) is 8.74. The lowest BCUT2D eigenvalue weighted by atomic mass is 10.1. The van der Waals surface area contributed by atoms with Crippen LogP contribution in [-0.2, 0) is 10.0 Å². The Labute approximate surface area is 176 Å². The van der Waals surface area contributed by atoms with Gasteiger partial charge in [-0.05, 0) is 42.5 Å². The Kier molecular flexibility index (Phi) is 6.27. The lowest BCUT2D eigenvalue weighted by molar-refractivity contribution is 0.0944. The van der Waals surface area contributed by atoms with E-state index in [9.17, 15) is 31.6 Å². The number of hydrogen-bond acceptors (Lipinski definition) is 4. The maximum absolute atomic E-state index is 13.9. The molecule has 0 bridgehead atoms. The molecule has 3 rings (SSSR count). The molecule has 1 unspecified atom stereocenters. The van der Waals surface area contributed by atoms with Gasteiger partial charge in [0.15, 0.2) is 0 Å². The highest BCUT2D eigenvalue weighted by Gasteiger charge is 2.20. The zero-order chi connectivity index (χ0) is 22.6. The van der Waals surface area contributed by atoms with Crippen molar-refractivity contribution in [1.29, 1.82) is 5.26 Å². The number of nitrogens with one attached hydrogen (secondary N) is 2. The van der Waals surface area contributed by atoms with E-state index in [1.807, 2.05) is 0 Å². The van der Waals surface area contributed by atoms with Crippen LogP contribution in [0.25, 0.3) is 0 Å². The van der Waals surface area contributed by atoms with E-state index in [-0.39, 0.29) is 21.7 Å². The van der Waals surface area contributed by atoms with Gasteiger partial charge in [0.2, 0.25) is 0 Å². The highest BCUT2D eigenvalue weighted by molar-refractivity contribution is 7.92. The molecular weight excluding hydrogens is 431 g/mol. The topological polar surface area (TPSA) is 99.1 Å². The molecule has 6 nitrogen and oxygen atoms in total. The summed E-state index contributed by atoms with van der Waals surface area (Å²) in [4.78, 5) is 12.2. The van der Waals surface area contributed by atoms with Gasteiger partial charge in [0.1, 0.15) is 23.5 Å². The maximum Gasteiger partial charge on any atom is 0.261 e. The fraction of sp³-hybridized carbons (Fsp3) is 0.0476. The lowest BCUT2D eigenvalue weighted by Crippen LogP contribution is -2.28. The van der Waals surface area contributed by atoms with Crippen LogP contribution < -0.4 is 10.0 Å². The molecule has 0 aromatic heterocycles. The largest absolute Gasteiger partial charge is 0.332 e. The molecule has 0 spiro atoms. The monoisotopic (exact) mass is 445 g/mol. The number of nitriles is 1. The predicted molar refractivity (Wildman–Crippen MR) is 106 cm³/mol. The summed E-state index contributed by atoms with van der Waals surface area (Å²) >= 11 is 0. The molecule has 3 aromatic carbocycles. The van der Waals surface area contributed by atoms with E-state index in [2.05, 4.69) is 10.0 Å². The third-order valence-electron chi connectivity index (χ3n) is 4.22. The van der Waals surface area contributed by atoms with E-state index in [1.54, 1.807) is 6.07 Å². The van der Waals surface area contributed by atoms with E-state index in [0.717, 1.165) is 30.3 Å². The molecule has 0 fully saturated rings. The Bertz CT molecular complexity index is 1270. The van der Waals surface area contributed by atoms with Gasteiger partial charge in [-0.1, -0.05) is 18.2 Å². The van der Waals surface area contributed by atoms with Crippen LogP contribution in [0.4, 0.5) is 18.9 Å². The summed E-state index contributed by atoms with van der Waals surface area (Å²) in [6.07, 6.45) is 0. The van der Waals surface area contributed by atoms with E-state index in [0.29, 0.717) is 6.07 Å². The fourth-order valence-corrected chi connectivity index (χ4v) is 3.73. The lowest BCUT2D eigenvalue weighted by Gasteiger charge is -2.13. The van der Waals surface area contributed by atoms with Crippen LogP contribution in [0.3, 0.4) is 0 Å². The summed E-state index contributed by atoms with van der Waals surface area (Å²) in [7, 11) is -4.12. The maximum atomic E-state index is 13.9. The van der Waals surface area contributed by atoms with Crippen LogP contribution in [0.2, 0.25) is 0 Å². The molecule has 0 aliphatic rings. The second-order valence-corrected chi connectivity index (χ2v) is 7.99. The van der Waals surface area contributed by atoms with Crippen molar-refractivity contribution in [2.75, 3.05) is 4.72 Å². The molecule has 0 saturated carbocycles. The Balaban J connectivity index is 1.76. The van der Waals surface area contributed by atoms with Crippen LogP contribution in [-0.4, -0.2) is 14.3 Å². The molecule has 10 heteroatoms. The molecule has 0 aliphatic heterocycles. The number of carbonyl (C=O) groups is 1. The van der Waals surface area contributed by atoms with Crippen molar-refractivity contribution in [3.8, 4) is 6.07 Å². The number of anilines is 1. The van der Waals surface area contributed by atoms with Crippen LogP contribution in [0.5, 0.6) is 0 Å². The van der Waals surface area contributed by atoms with Crippen molar-refractivity contribution in [2.45, 2.75) is 10.9 Å². The molecule has 158 valence electrons. The summed E-state index contributed by atoms with van der Waals surface area (Å²) in [5.41, 5.74) is -0.458. The summed E-state index contributed by atoms with van der Waals surface area (Å²) in [5.74, 6) is -3.35. The van der Waals surface area contributed by atoms with E-state index in [1.165, 1.54) is 30.3 Å². The van der Waals surface area contributed by atoms with Crippen LogP contribution in [0.1, 0.15) is 22.0 Å². The summed E-state index contributed by atoms with van der Waals surface area (Å²) in [6, 6.07) is 12.7. The van der Waals surface area contributed by atoms with Gasteiger partial charge in [-0.25, -0.2) is 21.6 Å². The first-order valence-corrected chi connectivity index (χ1v) is 10.2. The molecule has 2 N–H and O–H groups in total. The standard InChI is InChI=1S/C21H14F3N3O3S/c22-14-7-10-16(18(24)11-14)20(12-25)26-21(28)13-5-8-15(9-6-13)31(29,30)27-19-4-2-1-3-17(19)23/h1-11,20,27H,(H,26,28). The molecule has 0 saturated heterocycles. The Hall–Kier alpha value is -3.84. The highest BCUT2D eigenvalue weighted by atomic mass is 32.2. The van der Waals surface area contributed by atoms with Crippen molar-refractivity contribution in [2.24, 2.45) is 0 Å². The second-order valence-electron chi connectivity index (χ2n) is 6.31. The number of hydrogen-bond donors (Lipinski definition) is 2. The minimum atomic E-state index is -4.12. The average molecular weight is 445 g/mol. The number of benzene rings is 3. The minimum Gasteiger partial charge on any atom is -0.332 e. The minimum absolute atomic E-state index is 0.00684. The van der Waals surface area contributed by atoms with Gasteiger partial charge >= 0.3 is 0 Å². The highest BCUT2D eigenvalue weighted by Crippen LogP contribution is 2.21.